The number of benzene rings is 2. The lowest BCUT2D eigenvalue weighted by atomic mass is 10.2. The number of nitrogens with zero attached hydrogens (tertiary/aromatic N) is 3. The van der Waals surface area contributed by atoms with E-state index in [1.807, 2.05) is 43.3 Å². The van der Waals surface area contributed by atoms with E-state index in [0.29, 0.717) is 40.9 Å². The molecule has 0 fully saturated rings. The first-order valence-corrected chi connectivity index (χ1v) is 9.00. The summed E-state index contributed by atoms with van der Waals surface area (Å²) < 4.78 is 22.7. The molecule has 0 radical (unpaired) electrons. The molecule has 148 valence electrons. The predicted octanol–water partition coefficient (Wildman–Crippen LogP) is 3.85. The van der Waals surface area contributed by atoms with Crippen LogP contribution in [0.1, 0.15) is 18.4 Å². The van der Waals surface area contributed by atoms with Gasteiger partial charge in [-0.25, -0.2) is 4.79 Å². The highest BCUT2D eigenvalue weighted by molar-refractivity contribution is 5.79. The summed E-state index contributed by atoms with van der Waals surface area (Å²) in [6.07, 6.45) is 3.55. The molecule has 0 N–H and O–H groups in total. The summed E-state index contributed by atoms with van der Waals surface area (Å²) in [5.41, 5.74) is 2.82. The Kier molecular flexibility index (Phi) is 4.90. The number of methoxy groups -OCH3 is 2. The summed E-state index contributed by atoms with van der Waals surface area (Å²) >= 11 is 0. The Morgan fingerprint density at radius 1 is 1.07 bits per heavy atom. The summed E-state index contributed by atoms with van der Waals surface area (Å²) in [7, 11) is 3.18. The maximum atomic E-state index is 11.8. The van der Waals surface area contributed by atoms with Crippen LogP contribution in [-0.2, 0) is 6.54 Å². The Labute approximate surface area is 166 Å². The Morgan fingerprint density at radius 2 is 1.90 bits per heavy atom. The van der Waals surface area contributed by atoms with E-state index in [-0.39, 0.29) is 5.76 Å². The largest absolute Gasteiger partial charge is 0.493 e. The second-order valence-corrected chi connectivity index (χ2v) is 6.20. The SMILES string of the molecule is CCn1c(=O)oc2cc(-c3noc(C=Cc4ccc(OC)c(OC)c4)n3)ccc21. The molecular formula is C21H19N3O5. The molecule has 0 bridgehead atoms. The van der Waals surface area contributed by atoms with Crippen LogP contribution in [0.25, 0.3) is 34.6 Å². The Bertz CT molecular complexity index is 1250. The van der Waals surface area contributed by atoms with Crippen LogP contribution in [0.15, 0.2) is 50.1 Å². The van der Waals surface area contributed by atoms with E-state index in [1.165, 1.54) is 0 Å². The number of hydrogen-bond acceptors (Lipinski definition) is 7. The average molecular weight is 393 g/mol. The van der Waals surface area contributed by atoms with Gasteiger partial charge in [-0.2, -0.15) is 4.98 Å². The molecule has 0 aliphatic heterocycles. The van der Waals surface area contributed by atoms with Crippen LogP contribution in [0.3, 0.4) is 0 Å². The molecule has 8 heteroatoms. The zero-order chi connectivity index (χ0) is 20.4. The molecule has 2 aromatic carbocycles. The zero-order valence-corrected chi connectivity index (χ0v) is 16.2. The lowest BCUT2D eigenvalue weighted by molar-refractivity contribution is 0.355. The minimum absolute atomic E-state index is 0.350. The minimum Gasteiger partial charge on any atom is -0.493 e. The van der Waals surface area contributed by atoms with Gasteiger partial charge in [0, 0.05) is 18.2 Å². The average Bonchev–Trinajstić information content (AvgIpc) is 3.34. The third kappa shape index (κ3) is 3.52. The monoisotopic (exact) mass is 393 g/mol. The second-order valence-electron chi connectivity index (χ2n) is 6.20. The number of fused-ring (bicyclic) bond motifs is 1. The van der Waals surface area contributed by atoms with Gasteiger partial charge in [0.1, 0.15) is 0 Å². The van der Waals surface area contributed by atoms with Crippen LogP contribution >= 0.6 is 0 Å². The number of rotatable bonds is 6. The molecular weight excluding hydrogens is 374 g/mol. The third-order valence-corrected chi connectivity index (χ3v) is 4.51. The lowest BCUT2D eigenvalue weighted by Crippen LogP contribution is -2.11. The summed E-state index contributed by atoms with van der Waals surface area (Å²) in [6.45, 7) is 2.43. The topological polar surface area (TPSA) is 92.5 Å². The van der Waals surface area contributed by atoms with E-state index in [9.17, 15) is 4.79 Å². The Balaban J connectivity index is 1.59. The fraction of sp³-hybridized carbons (Fsp3) is 0.190. The van der Waals surface area contributed by atoms with Gasteiger partial charge in [-0.1, -0.05) is 11.2 Å². The first-order valence-electron chi connectivity index (χ1n) is 9.00. The predicted molar refractivity (Wildman–Crippen MR) is 108 cm³/mol. The van der Waals surface area contributed by atoms with Crippen molar-refractivity contribution in [3.8, 4) is 22.9 Å². The van der Waals surface area contributed by atoms with Gasteiger partial charge in [-0.05, 0) is 48.9 Å². The van der Waals surface area contributed by atoms with Gasteiger partial charge in [-0.15, -0.1) is 0 Å². The number of hydrogen-bond donors (Lipinski definition) is 0. The smallest absolute Gasteiger partial charge is 0.419 e. The lowest BCUT2D eigenvalue weighted by Gasteiger charge is -2.07. The van der Waals surface area contributed by atoms with E-state index in [4.69, 9.17) is 18.4 Å². The zero-order valence-electron chi connectivity index (χ0n) is 16.2. The fourth-order valence-corrected chi connectivity index (χ4v) is 3.05. The second kappa shape index (κ2) is 7.67. The molecule has 0 amide bonds. The van der Waals surface area contributed by atoms with Crippen LogP contribution in [0, 0.1) is 0 Å². The molecule has 4 rings (SSSR count). The van der Waals surface area contributed by atoms with Crippen LogP contribution in [0.4, 0.5) is 0 Å². The van der Waals surface area contributed by atoms with E-state index in [1.54, 1.807) is 30.9 Å². The van der Waals surface area contributed by atoms with E-state index in [0.717, 1.165) is 11.1 Å². The van der Waals surface area contributed by atoms with Crippen molar-refractivity contribution in [1.29, 1.82) is 0 Å². The van der Waals surface area contributed by atoms with Gasteiger partial charge < -0.3 is 18.4 Å². The van der Waals surface area contributed by atoms with Crippen molar-refractivity contribution in [3.63, 3.8) is 0 Å². The Morgan fingerprint density at radius 3 is 2.66 bits per heavy atom. The minimum atomic E-state index is -0.383. The van der Waals surface area contributed by atoms with Gasteiger partial charge >= 0.3 is 5.76 Å². The first kappa shape index (κ1) is 18.5. The number of aryl methyl sites for hydroxylation is 1. The van der Waals surface area contributed by atoms with Crippen LogP contribution < -0.4 is 15.2 Å². The third-order valence-electron chi connectivity index (χ3n) is 4.51. The maximum Gasteiger partial charge on any atom is 0.419 e. The van der Waals surface area contributed by atoms with Crippen LogP contribution in [0.2, 0.25) is 0 Å². The molecule has 29 heavy (non-hydrogen) atoms. The van der Waals surface area contributed by atoms with Crippen molar-refractivity contribution in [2.75, 3.05) is 14.2 Å². The van der Waals surface area contributed by atoms with E-state index in [2.05, 4.69) is 10.1 Å². The first-order chi connectivity index (χ1) is 14.1. The van der Waals surface area contributed by atoms with E-state index < -0.39 is 0 Å². The van der Waals surface area contributed by atoms with Crippen molar-refractivity contribution in [1.82, 2.24) is 14.7 Å². The highest BCUT2D eigenvalue weighted by Crippen LogP contribution is 2.28. The van der Waals surface area contributed by atoms with Gasteiger partial charge in [-0.3, -0.25) is 4.57 Å². The molecule has 0 atom stereocenters. The highest BCUT2D eigenvalue weighted by atomic mass is 16.5. The van der Waals surface area contributed by atoms with Crippen LogP contribution in [0.5, 0.6) is 11.5 Å². The van der Waals surface area contributed by atoms with Gasteiger partial charge in [0.2, 0.25) is 5.82 Å². The molecule has 0 saturated heterocycles. The van der Waals surface area contributed by atoms with Crippen molar-refractivity contribution in [2.45, 2.75) is 13.5 Å². The van der Waals surface area contributed by atoms with Crippen molar-refractivity contribution in [2.24, 2.45) is 0 Å². The maximum absolute atomic E-state index is 11.8. The summed E-state index contributed by atoms with van der Waals surface area (Å²) in [6, 6.07) is 10.9. The van der Waals surface area contributed by atoms with Gasteiger partial charge in [0.15, 0.2) is 17.1 Å². The number of ether oxygens (including phenoxy) is 2. The molecule has 0 saturated carbocycles. The van der Waals surface area contributed by atoms with Crippen molar-refractivity contribution in [3.05, 3.63) is 58.4 Å². The molecule has 4 aromatic rings. The highest BCUT2D eigenvalue weighted by Gasteiger charge is 2.12. The number of oxazole rings is 1. The summed E-state index contributed by atoms with van der Waals surface area (Å²) in [4.78, 5) is 16.2. The Hall–Kier alpha value is -3.81. The van der Waals surface area contributed by atoms with E-state index >= 15 is 0 Å². The molecule has 0 aliphatic rings. The molecule has 2 heterocycles. The standard InChI is InChI=1S/C21H19N3O5/c1-4-24-15-8-7-14(12-17(15)28-21(24)25)20-22-19(29-23-20)10-6-13-5-9-16(26-2)18(11-13)27-3/h5-12H,4H2,1-3H3. The van der Waals surface area contributed by atoms with Gasteiger partial charge in [0.25, 0.3) is 5.89 Å². The normalized spacial score (nSPS) is 11.4. The van der Waals surface area contributed by atoms with Crippen LogP contribution in [-0.4, -0.2) is 28.9 Å². The van der Waals surface area contributed by atoms with Crippen molar-refractivity contribution < 1.29 is 18.4 Å². The summed E-state index contributed by atoms with van der Waals surface area (Å²) in [5, 5.41) is 4.01. The van der Waals surface area contributed by atoms with Crippen molar-refractivity contribution >= 4 is 23.3 Å². The molecule has 0 aliphatic carbocycles. The van der Waals surface area contributed by atoms with Gasteiger partial charge in [0.05, 0.1) is 19.7 Å². The quantitative estimate of drug-likeness (QED) is 0.491. The summed E-state index contributed by atoms with van der Waals surface area (Å²) in [5.74, 6) is 1.66. The fourth-order valence-electron chi connectivity index (χ4n) is 3.05. The molecule has 0 unspecified atom stereocenters. The molecule has 8 nitrogen and oxygen atoms in total. The molecule has 0 spiro atoms. The number of aromatic nitrogens is 3. The molecule has 2 aromatic heterocycles.